The Morgan fingerprint density at radius 3 is 2.64 bits per heavy atom. The van der Waals surface area contributed by atoms with E-state index in [1.807, 2.05) is 32.0 Å². The molecule has 0 unspecified atom stereocenters. The van der Waals surface area contributed by atoms with Gasteiger partial charge in [-0.2, -0.15) is 0 Å². The molecule has 0 heterocycles. The Morgan fingerprint density at radius 1 is 1.36 bits per heavy atom. The monoisotopic (exact) mass is 305 g/mol. The number of aliphatic carboxylic acids is 1. The summed E-state index contributed by atoms with van der Waals surface area (Å²) in [6, 6.07) is 5.83. The average Bonchev–Trinajstić information content (AvgIpc) is 2.42. The summed E-state index contributed by atoms with van der Waals surface area (Å²) in [6.07, 6.45) is 2.11. The second-order valence-corrected chi connectivity index (χ2v) is 5.94. The minimum atomic E-state index is -0.862. The van der Waals surface area contributed by atoms with Gasteiger partial charge in [-0.3, -0.25) is 9.59 Å². The van der Waals surface area contributed by atoms with Crippen LogP contribution in [0.1, 0.15) is 43.7 Å². The second kappa shape index (κ2) is 6.81. The van der Waals surface area contributed by atoms with E-state index in [1.54, 1.807) is 0 Å². The first kappa shape index (κ1) is 16.3. The molecular formula is C17H23NO4. The van der Waals surface area contributed by atoms with Crippen LogP contribution in [0.15, 0.2) is 18.2 Å². The van der Waals surface area contributed by atoms with Crippen LogP contribution in [0.4, 0.5) is 0 Å². The zero-order chi connectivity index (χ0) is 16.2. The lowest BCUT2D eigenvalue weighted by Gasteiger charge is -2.36. The molecule has 0 atom stereocenters. The molecule has 1 aliphatic carbocycles. The number of carbonyl (C=O) groups is 2. The van der Waals surface area contributed by atoms with Crippen LogP contribution in [0.3, 0.4) is 0 Å². The number of carboxylic acids is 1. The summed E-state index contributed by atoms with van der Waals surface area (Å²) >= 11 is 0. The van der Waals surface area contributed by atoms with E-state index < -0.39 is 11.4 Å². The Balaban J connectivity index is 1.95. The van der Waals surface area contributed by atoms with E-state index in [4.69, 9.17) is 4.74 Å². The van der Waals surface area contributed by atoms with Gasteiger partial charge in [0.2, 0.25) is 5.91 Å². The molecule has 0 bridgehead atoms. The summed E-state index contributed by atoms with van der Waals surface area (Å²) < 4.78 is 5.58. The fourth-order valence-corrected chi connectivity index (χ4v) is 2.73. The van der Waals surface area contributed by atoms with Crippen molar-refractivity contribution in [2.75, 3.05) is 6.61 Å². The quantitative estimate of drug-likeness (QED) is 0.812. The number of ether oxygens (including phenoxy) is 1. The predicted molar refractivity (Wildman–Crippen MR) is 82.7 cm³/mol. The largest absolute Gasteiger partial charge is 0.494 e. The molecule has 1 fully saturated rings. The molecular weight excluding hydrogens is 282 g/mol. The van der Waals surface area contributed by atoms with Gasteiger partial charge >= 0.3 is 5.97 Å². The zero-order valence-corrected chi connectivity index (χ0v) is 13.1. The van der Waals surface area contributed by atoms with Gasteiger partial charge in [-0.05, 0) is 38.3 Å². The predicted octanol–water partition coefficient (Wildman–Crippen LogP) is 2.65. The van der Waals surface area contributed by atoms with Crippen LogP contribution >= 0.6 is 0 Å². The van der Waals surface area contributed by atoms with Gasteiger partial charge in [0.15, 0.2) is 0 Å². The van der Waals surface area contributed by atoms with Crippen LogP contribution in [0.5, 0.6) is 5.75 Å². The molecule has 5 heteroatoms. The maximum absolute atomic E-state index is 12.1. The molecule has 1 amide bonds. The molecule has 5 nitrogen and oxygen atoms in total. The molecule has 1 aliphatic rings. The Kier molecular flexibility index (Phi) is 5.06. The average molecular weight is 305 g/mol. The number of carbonyl (C=O) groups excluding carboxylic acids is 1. The number of aryl methyl sites for hydroxylation is 1. The van der Waals surface area contributed by atoms with Crippen molar-refractivity contribution in [2.45, 2.75) is 46.1 Å². The molecule has 2 rings (SSSR count). The number of benzene rings is 1. The zero-order valence-electron chi connectivity index (χ0n) is 13.1. The number of nitrogens with one attached hydrogen (secondary N) is 1. The highest BCUT2D eigenvalue weighted by atomic mass is 16.5. The lowest BCUT2D eigenvalue weighted by molar-refractivity contribution is -0.157. The first-order valence-corrected chi connectivity index (χ1v) is 7.69. The Morgan fingerprint density at radius 2 is 2.09 bits per heavy atom. The Bertz CT molecular complexity index is 564. The van der Waals surface area contributed by atoms with Gasteiger partial charge in [-0.1, -0.05) is 18.6 Å². The van der Waals surface area contributed by atoms with E-state index in [1.165, 1.54) is 0 Å². The van der Waals surface area contributed by atoms with Crippen molar-refractivity contribution in [3.63, 3.8) is 0 Å². The highest BCUT2D eigenvalue weighted by Gasteiger charge is 2.45. The maximum atomic E-state index is 12.1. The molecule has 0 spiro atoms. The summed E-state index contributed by atoms with van der Waals surface area (Å²) in [4.78, 5) is 23.3. The third kappa shape index (κ3) is 3.59. The number of amides is 1. The van der Waals surface area contributed by atoms with Crippen molar-refractivity contribution < 1.29 is 19.4 Å². The first-order chi connectivity index (χ1) is 10.5. The van der Waals surface area contributed by atoms with Crippen molar-refractivity contribution in [3.8, 4) is 5.75 Å². The minimum Gasteiger partial charge on any atom is -0.494 e. The smallest absolute Gasteiger partial charge is 0.310 e. The highest BCUT2D eigenvalue weighted by Crippen LogP contribution is 2.44. The van der Waals surface area contributed by atoms with Crippen molar-refractivity contribution in [1.29, 1.82) is 0 Å². The highest BCUT2D eigenvalue weighted by molar-refractivity contribution is 5.85. The van der Waals surface area contributed by atoms with Crippen LogP contribution in [0, 0.1) is 12.3 Å². The van der Waals surface area contributed by atoms with Gasteiger partial charge in [0, 0.05) is 18.5 Å². The topological polar surface area (TPSA) is 75.6 Å². The van der Waals surface area contributed by atoms with Crippen LogP contribution < -0.4 is 10.1 Å². The van der Waals surface area contributed by atoms with Gasteiger partial charge in [0.05, 0.1) is 12.0 Å². The van der Waals surface area contributed by atoms with Crippen molar-refractivity contribution in [2.24, 2.45) is 5.41 Å². The van der Waals surface area contributed by atoms with Gasteiger partial charge in [0.1, 0.15) is 5.75 Å². The fourth-order valence-electron chi connectivity index (χ4n) is 2.73. The van der Waals surface area contributed by atoms with E-state index >= 15 is 0 Å². The minimum absolute atomic E-state index is 0.0537. The summed E-state index contributed by atoms with van der Waals surface area (Å²) in [5, 5.41) is 12.1. The summed E-state index contributed by atoms with van der Waals surface area (Å²) in [6.45, 7) is 4.81. The van der Waals surface area contributed by atoms with E-state index in [9.17, 15) is 14.7 Å². The Hall–Kier alpha value is -2.04. The van der Waals surface area contributed by atoms with E-state index in [0.29, 0.717) is 26.0 Å². The molecule has 1 saturated carbocycles. The number of rotatable bonds is 7. The van der Waals surface area contributed by atoms with E-state index in [2.05, 4.69) is 5.32 Å². The van der Waals surface area contributed by atoms with Crippen LogP contribution in [-0.2, 0) is 16.1 Å². The second-order valence-electron chi connectivity index (χ2n) is 5.94. The van der Waals surface area contributed by atoms with Gasteiger partial charge in [-0.25, -0.2) is 0 Å². The summed E-state index contributed by atoms with van der Waals surface area (Å²) in [7, 11) is 0. The van der Waals surface area contributed by atoms with E-state index in [-0.39, 0.29) is 12.3 Å². The van der Waals surface area contributed by atoms with Gasteiger partial charge in [-0.15, -0.1) is 0 Å². The Labute approximate surface area is 130 Å². The third-order valence-corrected chi connectivity index (χ3v) is 4.26. The summed E-state index contributed by atoms with van der Waals surface area (Å²) in [5.41, 5.74) is 1.15. The SMILES string of the molecule is CCOc1cc(C)ccc1CNC(=O)CC1(C(=O)O)CCC1. The molecule has 0 aromatic heterocycles. The molecule has 1 aromatic carbocycles. The summed E-state index contributed by atoms with van der Waals surface area (Å²) in [5.74, 6) is -0.316. The van der Waals surface area contributed by atoms with Crippen molar-refractivity contribution in [1.82, 2.24) is 5.32 Å². The van der Waals surface area contributed by atoms with E-state index in [0.717, 1.165) is 23.3 Å². The fraction of sp³-hybridized carbons (Fsp3) is 0.529. The standard InChI is InChI=1S/C17H23NO4/c1-3-22-14-9-12(2)5-6-13(14)11-18-15(19)10-17(16(20)21)7-4-8-17/h5-6,9H,3-4,7-8,10-11H2,1-2H3,(H,18,19)(H,20,21). The van der Waals surface area contributed by atoms with Crippen molar-refractivity contribution >= 4 is 11.9 Å². The molecule has 0 aliphatic heterocycles. The maximum Gasteiger partial charge on any atom is 0.310 e. The third-order valence-electron chi connectivity index (χ3n) is 4.26. The normalized spacial score (nSPS) is 15.7. The van der Waals surface area contributed by atoms with Crippen LogP contribution in [0.25, 0.3) is 0 Å². The number of hydrogen-bond donors (Lipinski definition) is 2. The van der Waals surface area contributed by atoms with Gasteiger partial charge < -0.3 is 15.2 Å². The first-order valence-electron chi connectivity index (χ1n) is 7.69. The number of hydrogen-bond acceptors (Lipinski definition) is 3. The van der Waals surface area contributed by atoms with Crippen LogP contribution in [-0.4, -0.2) is 23.6 Å². The lowest BCUT2D eigenvalue weighted by Crippen LogP contribution is -2.42. The molecule has 1 aromatic rings. The molecule has 22 heavy (non-hydrogen) atoms. The van der Waals surface area contributed by atoms with Gasteiger partial charge in [0.25, 0.3) is 0 Å². The van der Waals surface area contributed by atoms with Crippen molar-refractivity contribution in [3.05, 3.63) is 29.3 Å². The lowest BCUT2D eigenvalue weighted by atomic mass is 9.66. The molecule has 0 radical (unpaired) electrons. The van der Waals surface area contributed by atoms with Crippen LogP contribution in [0.2, 0.25) is 0 Å². The molecule has 0 saturated heterocycles. The molecule has 120 valence electrons. The number of carboxylic acid groups (broad SMARTS) is 1. The molecule has 2 N–H and O–H groups in total.